The molecule has 0 saturated heterocycles. The zero-order chi connectivity index (χ0) is 18.5. The summed E-state index contributed by atoms with van der Waals surface area (Å²) in [5.41, 5.74) is 3.51. The third-order valence-electron chi connectivity index (χ3n) is 4.96. The van der Waals surface area contributed by atoms with Gasteiger partial charge in [0.15, 0.2) is 0 Å². The predicted octanol–water partition coefficient (Wildman–Crippen LogP) is 3.89. The largest absolute Gasteiger partial charge is 0.495 e. The minimum atomic E-state index is 0.155. The molecule has 0 unspecified atom stereocenters. The van der Waals surface area contributed by atoms with Crippen molar-refractivity contribution in [3.05, 3.63) is 59.7 Å². The molecule has 0 atom stereocenters. The van der Waals surface area contributed by atoms with Crippen molar-refractivity contribution in [2.75, 3.05) is 25.1 Å². The van der Waals surface area contributed by atoms with E-state index < -0.39 is 0 Å². The van der Waals surface area contributed by atoms with Crippen molar-refractivity contribution in [1.29, 1.82) is 0 Å². The van der Waals surface area contributed by atoms with Crippen molar-refractivity contribution >= 4 is 11.6 Å². The van der Waals surface area contributed by atoms with Crippen molar-refractivity contribution in [2.24, 2.45) is 0 Å². The van der Waals surface area contributed by atoms with Gasteiger partial charge in [0, 0.05) is 19.1 Å². The standard InChI is InChI=1S/C22H28N2O2/c1-17(2)24(15-18-9-5-4-6-10-18)21(25)16-23-14-8-12-19-11-7-13-20(26-3)22(19)23/h4-7,9-11,13,17H,8,12,14-16H2,1-3H3. The van der Waals surface area contributed by atoms with Crippen molar-refractivity contribution in [1.82, 2.24) is 4.90 Å². The highest BCUT2D eigenvalue weighted by atomic mass is 16.5. The first kappa shape index (κ1) is 18.3. The molecule has 0 radical (unpaired) electrons. The number of aryl methyl sites for hydroxylation is 1. The lowest BCUT2D eigenvalue weighted by atomic mass is 10.0. The quantitative estimate of drug-likeness (QED) is 0.791. The van der Waals surface area contributed by atoms with Crippen LogP contribution in [-0.2, 0) is 17.8 Å². The highest BCUT2D eigenvalue weighted by Crippen LogP contribution is 2.36. The normalized spacial score (nSPS) is 13.5. The summed E-state index contributed by atoms with van der Waals surface area (Å²) in [5, 5.41) is 0. The topological polar surface area (TPSA) is 32.8 Å². The first-order valence-electron chi connectivity index (χ1n) is 9.34. The van der Waals surface area contributed by atoms with Gasteiger partial charge in [-0.05, 0) is 43.9 Å². The van der Waals surface area contributed by atoms with Gasteiger partial charge in [0.25, 0.3) is 0 Å². The number of amides is 1. The SMILES string of the molecule is COc1cccc2c1N(CC(=O)N(Cc1ccccc1)C(C)C)CCC2. The van der Waals surface area contributed by atoms with Crippen molar-refractivity contribution in [2.45, 2.75) is 39.3 Å². The van der Waals surface area contributed by atoms with E-state index in [0.29, 0.717) is 13.1 Å². The molecule has 1 heterocycles. The Morgan fingerprint density at radius 3 is 2.62 bits per heavy atom. The Morgan fingerprint density at radius 1 is 1.15 bits per heavy atom. The van der Waals surface area contributed by atoms with Crippen molar-refractivity contribution in [3.8, 4) is 5.75 Å². The molecular weight excluding hydrogens is 324 g/mol. The summed E-state index contributed by atoms with van der Waals surface area (Å²) in [6.45, 7) is 6.07. The summed E-state index contributed by atoms with van der Waals surface area (Å²) in [5.74, 6) is 1.01. The number of nitrogens with zero attached hydrogens (tertiary/aromatic N) is 2. The van der Waals surface area contributed by atoms with E-state index in [1.54, 1.807) is 7.11 Å². The fraction of sp³-hybridized carbons (Fsp3) is 0.409. The fourth-order valence-corrected chi connectivity index (χ4v) is 3.62. The van der Waals surface area contributed by atoms with E-state index in [2.05, 4.69) is 36.9 Å². The van der Waals surface area contributed by atoms with Crippen LogP contribution in [0.15, 0.2) is 48.5 Å². The van der Waals surface area contributed by atoms with Gasteiger partial charge >= 0.3 is 0 Å². The molecule has 0 fully saturated rings. The molecule has 0 spiro atoms. The molecule has 0 aliphatic carbocycles. The van der Waals surface area contributed by atoms with Crippen molar-refractivity contribution in [3.63, 3.8) is 0 Å². The third-order valence-corrected chi connectivity index (χ3v) is 4.96. The molecule has 138 valence electrons. The molecule has 2 aromatic rings. The molecule has 0 saturated carbocycles. The van der Waals surface area contributed by atoms with E-state index >= 15 is 0 Å². The maximum Gasteiger partial charge on any atom is 0.242 e. The first-order chi connectivity index (χ1) is 12.6. The highest BCUT2D eigenvalue weighted by molar-refractivity contribution is 5.83. The van der Waals surface area contributed by atoms with Crippen LogP contribution < -0.4 is 9.64 Å². The Balaban J connectivity index is 1.79. The number of rotatable bonds is 6. The van der Waals surface area contributed by atoms with E-state index in [1.165, 1.54) is 5.56 Å². The Hall–Kier alpha value is -2.49. The molecule has 2 aromatic carbocycles. The van der Waals surface area contributed by atoms with Crippen LogP contribution in [0, 0.1) is 0 Å². The maximum atomic E-state index is 13.1. The van der Waals surface area contributed by atoms with Crippen LogP contribution in [0.4, 0.5) is 5.69 Å². The number of ether oxygens (including phenoxy) is 1. The van der Waals surface area contributed by atoms with E-state index in [9.17, 15) is 4.79 Å². The number of carbonyl (C=O) groups excluding carboxylic acids is 1. The lowest BCUT2D eigenvalue weighted by Gasteiger charge is -2.35. The Kier molecular flexibility index (Phi) is 5.82. The molecule has 1 aliphatic rings. The molecule has 4 nitrogen and oxygen atoms in total. The number of hydrogen-bond acceptors (Lipinski definition) is 3. The van der Waals surface area contributed by atoms with Gasteiger partial charge in [0.1, 0.15) is 5.75 Å². The number of anilines is 1. The van der Waals surface area contributed by atoms with Gasteiger partial charge in [-0.3, -0.25) is 4.79 Å². The second-order valence-corrected chi connectivity index (χ2v) is 7.09. The fourth-order valence-electron chi connectivity index (χ4n) is 3.62. The van der Waals surface area contributed by atoms with Gasteiger partial charge in [-0.25, -0.2) is 0 Å². The summed E-state index contributed by atoms with van der Waals surface area (Å²) in [4.78, 5) is 17.2. The summed E-state index contributed by atoms with van der Waals surface area (Å²) in [7, 11) is 1.69. The number of fused-ring (bicyclic) bond motifs is 1. The van der Waals surface area contributed by atoms with E-state index in [0.717, 1.165) is 36.4 Å². The minimum Gasteiger partial charge on any atom is -0.495 e. The zero-order valence-electron chi connectivity index (χ0n) is 15.9. The van der Waals surface area contributed by atoms with Gasteiger partial charge in [-0.2, -0.15) is 0 Å². The van der Waals surface area contributed by atoms with Crippen LogP contribution >= 0.6 is 0 Å². The van der Waals surface area contributed by atoms with E-state index in [4.69, 9.17) is 4.74 Å². The van der Waals surface area contributed by atoms with E-state index in [1.807, 2.05) is 35.2 Å². The number of hydrogen-bond donors (Lipinski definition) is 0. The monoisotopic (exact) mass is 352 g/mol. The Labute approximate surface area is 156 Å². The highest BCUT2D eigenvalue weighted by Gasteiger charge is 2.25. The minimum absolute atomic E-state index is 0.155. The average Bonchev–Trinajstić information content (AvgIpc) is 2.66. The molecule has 0 N–H and O–H groups in total. The Morgan fingerprint density at radius 2 is 1.92 bits per heavy atom. The van der Waals surface area contributed by atoms with Crippen LogP contribution in [-0.4, -0.2) is 37.0 Å². The molecular formula is C22H28N2O2. The molecule has 0 bridgehead atoms. The summed E-state index contributed by atoms with van der Waals surface area (Å²) >= 11 is 0. The van der Waals surface area contributed by atoms with E-state index in [-0.39, 0.29) is 11.9 Å². The molecule has 1 amide bonds. The second-order valence-electron chi connectivity index (χ2n) is 7.09. The molecule has 1 aliphatic heterocycles. The van der Waals surface area contributed by atoms with Crippen molar-refractivity contribution < 1.29 is 9.53 Å². The summed E-state index contributed by atoms with van der Waals surface area (Å²) < 4.78 is 5.56. The third kappa shape index (κ3) is 4.01. The van der Waals surface area contributed by atoms with Crippen LogP contribution in [0.25, 0.3) is 0 Å². The predicted molar refractivity (Wildman–Crippen MR) is 106 cm³/mol. The zero-order valence-corrected chi connectivity index (χ0v) is 15.9. The van der Waals surface area contributed by atoms with Gasteiger partial charge in [0.2, 0.25) is 5.91 Å². The number of methoxy groups -OCH3 is 1. The van der Waals surface area contributed by atoms with Crippen LogP contribution in [0.5, 0.6) is 5.75 Å². The maximum absolute atomic E-state index is 13.1. The lowest BCUT2D eigenvalue weighted by Crippen LogP contribution is -2.44. The average molecular weight is 352 g/mol. The number of para-hydroxylation sites is 1. The molecule has 3 rings (SSSR count). The van der Waals surface area contributed by atoms with Crippen LogP contribution in [0.2, 0.25) is 0 Å². The van der Waals surface area contributed by atoms with Crippen LogP contribution in [0.3, 0.4) is 0 Å². The smallest absolute Gasteiger partial charge is 0.242 e. The summed E-state index contributed by atoms with van der Waals surface area (Å²) in [6, 6.07) is 16.5. The van der Waals surface area contributed by atoms with Gasteiger partial charge in [-0.15, -0.1) is 0 Å². The summed E-state index contributed by atoms with van der Waals surface area (Å²) in [6.07, 6.45) is 2.10. The first-order valence-corrected chi connectivity index (χ1v) is 9.34. The molecule has 26 heavy (non-hydrogen) atoms. The number of carbonyl (C=O) groups is 1. The Bertz CT molecular complexity index is 729. The molecule has 0 aromatic heterocycles. The second kappa shape index (κ2) is 8.26. The van der Waals surface area contributed by atoms with Gasteiger partial charge in [0.05, 0.1) is 19.3 Å². The number of benzene rings is 2. The molecule has 4 heteroatoms. The lowest BCUT2D eigenvalue weighted by molar-refractivity contribution is -0.132. The van der Waals surface area contributed by atoms with Gasteiger partial charge in [-0.1, -0.05) is 42.5 Å². The van der Waals surface area contributed by atoms with Crippen LogP contribution in [0.1, 0.15) is 31.4 Å². The van der Waals surface area contributed by atoms with Gasteiger partial charge < -0.3 is 14.5 Å².